The molecule has 0 saturated carbocycles. The van der Waals surface area contributed by atoms with Crippen LogP contribution in [0.4, 0.5) is 0 Å². The summed E-state index contributed by atoms with van der Waals surface area (Å²) in [6, 6.07) is 63.1. The second-order valence-electron chi connectivity index (χ2n) is 15.7. The van der Waals surface area contributed by atoms with Crippen molar-refractivity contribution in [2.24, 2.45) is 0 Å². The second kappa shape index (κ2) is 10.9. The Kier molecular flexibility index (Phi) is 5.82. The molecular formula is C53H30N4S. The summed E-state index contributed by atoms with van der Waals surface area (Å²) >= 11 is 1.77. The highest BCUT2D eigenvalue weighted by Crippen LogP contribution is 2.63. The minimum atomic E-state index is -0.444. The lowest BCUT2D eigenvalue weighted by Gasteiger charge is -2.30. The van der Waals surface area contributed by atoms with Crippen molar-refractivity contribution in [3.05, 3.63) is 205 Å². The lowest BCUT2D eigenvalue weighted by Crippen LogP contribution is -2.26. The molecule has 0 amide bonds. The van der Waals surface area contributed by atoms with E-state index in [1.807, 2.05) is 6.20 Å². The maximum atomic E-state index is 4.86. The van der Waals surface area contributed by atoms with Crippen molar-refractivity contribution in [1.82, 2.24) is 19.1 Å². The van der Waals surface area contributed by atoms with E-state index in [1.165, 1.54) is 98.2 Å². The number of hydrogen-bond donors (Lipinski definition) is 0. The topological polar surface area (TPSA) is 35.6 Å². The van der Waals surface area contributed by atoms with Crippen molar-refractivity contribution < 1.29 is 0 Å². The molecule has 0 unspecified atom stereocenters. The summed E-state index contributed by atoms with van der Waals surface area (Å²) < 4.78 is 6.26. The molecule has 5 heteroatoms. The van der Waals surface area contributed by atoms with Crippen molar-refractivity contribution in [1.29, 1.82) is 0 Å². The number of benzene rings is 8. The van der Waals surface area contributed by atoms with Gasteiger partial charge in [-0.05, 0) is 80.9 Å². The predicted octanol–water partition coefficient (Wildman–Crippen LogP) is 13.4. The van der Waals surface area contributed by atoms with Crippen molar-refractivity contribution in [2.75, 3.05) is 0 Å². The summed E-state index contributed by atoms with van der Waals surface area (Å²) in [6.45, 7) is 0. The molecule has 268 valence electrons. The molecular weight excluding hydrogens is 725 g/mol. The van der Waals surface area contributed by atoms with Crippen LogP contribution in [0.25, 0.3) is 97.5 Å². The molecule has 0 bridgehead atoms. The molecule has 0 aliphatic heterocycles. The van der Waals surface area contributed by atoms with Crippen LogP contribution >= 0.6 is 11.3 Å². The minimum absolute atomic E-state index is 0.444. The summed E-state index contributed by atoms with van der Waals surface area (Å²) in [4.78, 5) is 10.5. The smallest absolute Gasteiger partial charge is 0.127 e. The van der Waals surface area contributed by atoms with Crippen LogP contribution in [0.2, 0.25) is 0 Å². The highest BCUT2D eigenvalue weighted by atomic mass is 32.1. The van der Waals surface area contributed by atoms with Crippen LogP contribution in [0.15, 0.2) is 182 Å². The SMILES string of the molecule is c1ccc(-n2c3ccccc3c3c2c2sc4ncncc4c2c2c4ccccc4n(-c4ccc5c(c4)C4(c6ccccc6-c6ccccc64)c4ccccc4-5)c23)cc1. The third kappa shape index (κ3) is 3.58. The van der Waals surface area contributed by atoms with Gasteiger partial charge in [-0.1, -0.05) is 133 Å². The monoisotopic (exact) mass is 754 g/mol. The van der Waals surface area contributed by atoms with Crippen LogP contribution in [-0.2, 0) is 5.41 Å². The molecule has 1 spiro atoms. The summed E-state index contributed by atoms with van der Waals surface area (Å²) in [5, 5.41) is 7.23. The molecule has 0 radical (unpaired) electrons. The molecule has 0 N–H and O–H groups in total. The normalized spacial score (nSPS) is 13.7. The largest absolute Gasteiger partial charge is 0.309 e. The van der Waals surface area contributed by atoms with E-state index in [0.717, 1.165) is 21.6 Å². The fraction of sp³-hybridized carbons (Fsp3) is 0.0189. The lowest BCUT2D eigenvalue weighted by atomic mass is 9.70. The Morgan fingerprint density at radius 3 is 1.66 bits per heavy atom. The van der Waals surface area contributed by atoms with Crippen molar-refractivity contribution >= 4 is 75.3 Å². The molecule has 2 aliphatic rings. The van der Waals surface area contributed by atoms with E-state index in [2.05, 4.69) is 184 Å². The number of para-hydroxylation sites is 3. The Bertz CT molecular complexity index is 3690. The molecule has 0 fully saturated rings. The fourth-order valence-corrected chi connectivity index (χ4v) is 12.2. The van der Waals surface area contributed by atoms with Crippen molar-refractivity contribution in [3.8, 4) is 33.6 Å². The third-order valence-electron chi connectivity index (χ3n) is 13.1. The first-order valence-electron chi connectivity index (χ1n) is 19.8. The van der Waals surface area contributed by atoms with E-state index in [-0.39, 0.29) is 0 Å². The Morgan fingerprint density at radius 2 is 0.983 bits per heavy atom. The maximum absolute atomic E-state index is 4.86. The Labute approximate surface area is 336 Å². The van der Waals surface area contributed by atoms with Gasteiger partial charge in [-0.15, -0.1) is 11.3 Å². The zero-order chi connectivity index (χ0) is 37.7. The lowest BCUT2D eigenvalue weighted by molar-refractivity contribution is 0.792. The molecule has 0 atom stereocenters. The number of rotatable bonds is 2. The number of aromatic nitrogens is 4. The second-order valence-corrected chi connectivity index (χ2v) is 16.7. The van der Waals surface area contributed by atoms with E-state index < -0.39 is 5.41 Å². The highest BCUT2D eigenvalue weighted by molar-refractivity contribution is 7.26. The van der Waals surface area contributed by atoms with Gasteiger partial charge in [0.15, 0.2) is 0 Å². The van der Waals surface area contributed by atoms with E-state index in [0.29, 0.717) is 0 Å². The average molecular weight is 755 g/mol. The van der Waals surface area contributed by atoms with Gasteiger partial charge in [0, 0.05) is 49.9 Å². The molecule has 4 nitrogen and oxygen atoms in total. The minimum Gasteiger partial charge on any atom is -0.309 e. The van der Waals surface area contributed by atoms with Gasteiger partial charge < -0.3 is 9.13 Å². The number of hydrogen-bond acceptors (Lipinski definition) is 3. The predicted molar refractivity (Wildman–Crippen MR) is 240 cm³/mol. The average Bonchev–Trinajstić information content (AvgIpc) is 4.07. The number of fused-ring (bicyclic) bond motifs is 22. The van der Waals surface area contributed by atoms with Gasteiger partial charge in [0.25, 0.3) is 0 Å². The van der Waals surface area contributed by atoms with Crippen LogP contribution in [0.1, 0.15) is 22.3 Å². The first-order chi connectivity index (χ1) is 28.8. The quantitative estimate of drug-likeness (QED) is 0.176. The van der Waals surface area contributed by atoms with Crippen LogP contribution in [-0.4, -0.2) is 19.1 Å². The van der Waals surface area contributed by atoms with Gasteiger partial charge in [-0.3, -0.25) is 0 Å². The van der Waals surface area contributed by atoms with Gasteiger partial charge in [-0.2, -0.15) is 0 Å². The van der Waals surface area contributed by atoms with E-state index in [1.54, 1.807) is 17.7 Å². The van der Waals surface area contributed by atoms with Gasteiger partial charge in [0.1, 0.15) is 11.2 Å². The molecule has 12 aromatic rings. The van der Waals surface area contributed by atoms with Gasteiger partial charge in [-0.25, -0.2) is 9.97 Å². The third-order valence-corrected chi connectivity index (χ3v) is 14.2. The molecule has 8 aromatic carbocycles. The summed E-state index contributed by atoms with van der Waals surface area (Å²) in [6.07, 6.45) is 3.69. The zero-order valence-electron chi connectivity index (χ0n) is 31.0. The van der Waals surface area contributed by atoms with Gasteiger partial charge in [0.05, 0.1) is 32.2 Å². The highest BCUT2D eigenvalue weighted by Gasteiger charge is 2.51. The molecule has 4 aromatic heterocycles. The molecule has 2 aliphatic carbocycles. The van der Waals surface area contributed by atoms with Crippen LogP contribution in [0, 0.1) is 0 Å². The van der Waals surface area contributed by atoms with E-state index in [9.17, 15) is 0 Å². The summed E-state index contributed by atoms with van der Waals surface area (Å²) in [5.74, 6) is 0. The fourth-order valence-electron chi connectivity index (χ4n) is 11.0. The van der Waals surface area contributed by atoms with Crippen molar-refractivity contribution in [3.63, 3.8) is 0 Å². The first kappa shape index (κ1) is 30.8. The van der Waals surface area contributed by atoms with Crippen LogP contribution < -0.4 is 0 Å². The maximum Gasteiger partial charge on any atom is 0.127 e. The van der Waals surface area contributed by atoms with Crippen molar-refractivity contribution in [2.45, 2.75) is 5.41 Å². The zero-order valence-corrected chi connectivity index (χ0v) is 31.8. The Hall–Kier alpha value is -7.34. The number of nitrogens with zero attached hydrogens (tertiary/aromatic N) is 4. The van der Waals surface area contributed by atoms with Gasteiger partial charge >= 0.3 is 0 Å². The molecule has 14 rings (SSSR count). The molecule has 4 heterocycles. The molecule has 0 saturated heterocycles. The van der Waals surface area contributed by atoms with Gasteiger partial charge in [0.2, 0.25) is 0 Å². The number of thiophene rings is 1. The van der Waals surface area contributed by atoms with E-state index >= 15 is 0 Å². The molecule has 58 heavy (non-hydrogen) atoms. The summed E-state index contributed by atoms with van der Waals surface area (Å²) in [5.41, 5.74) is 17.2. The van der Waals surface area contributed by atoms with Crippen LogP contribution in [0.3, 0.4) is 0 Å². The van der Waals surface area contributed by atoms with E-state index in [4.69, 9.17) is 4.98 Å². The summed E-state index contributed by atoms with van der Waals surface area (Å²) in [7, 11) is 0. The van der Waals surface area contributed by atoms with Crippen LogP contribution in [0.5, 0.6) is 0 Å². The Balaban J connectivity index is 1.20. The first-order valence-corrected chi connectivity index (χ1v) is 20.6. The Morgan fingerprint density at radius 1 is 0.431 bits per heavy atom. The standard InChI is InChI=1S/C53H30N4S/c1-2-14-31(15-3-1)56-45-25-13-8-20-38(45)48-49-46(47-39-29-54-30-55-52(39)58-51(47)50(48)56)37-19-7-12-24-44(37)57(49)32-26-27-36-35-18-6-11-23-42(35)53(43(36)28-32)40-21-9-4-16-33(40)34-17-5-10-22-41(34)53/h1-30H.